The third kappa shape index (κ3) is 4.96. The van der Waals surface area contributed by atoms with Gasteiger partial charge in [0.25, 0.3) is 5.91 Å². The molecule has 3 atom stereocenters. The summed E-state index contributed by atoms with van der Waals surface area (Å²) in [5, 5.41) is 9.01. The van der Waals surface area contributed by atoms with Gasteiger partial charge in [-0.05, 0) is 43.7 Å². The fourth-order valence-corrected chi connectivity index (χ4v) is 3.93. The van der Waals surface area contributed by atoms with Crippen LogP contribution >= 0.6 is 12.4 Å². The zero-order valence-electron chi connectivity index (χ0n) is 15.4. The Kier molecular flexibility index (Phi) is 7.17. The lowest BCUT2D eigenvalue weighted by Crippen LogP contribution is -2.55. The van der Waals surface area contributed by atoms with Crippen molar-refractivity contribution in [3.8, 4) is 0 Å². The third-order valence-electron chi connectivity index (χ3n) is 5.25. The van der Waals surface area contributed by atoms with E-state index >= 15 is 0 Å². The van der Waals surface area contributed by atoms with Crippen LogP contribution in [0.15, 0.2) is 18.2 Å². The summed E-state index contributed by atoms with van der Waals surface area (Å²) in [6.45, 7) is 3.57. The van der Waals surface area contributed by atoms with Crippen molar-refractivity contribution < 1.29 is 18.4 Å². The molecule has 3 N–H and O–H groups in total. The summed E-state index contributed by atoms with van der Waals surface area (Å²) < 4.78 is 27.6. The molecule has 0 aliphatic carbocycles. The Morgan fingerprint density at radius 1 is 1.11 bits per heavy atom. The molecule has 2 aliphatic heterocycles. The maximum Gasteiger partial charge on any atom is 0.257 e. The monoisotopic (exact) mass is 401 g/mol. The molecular weight excluding hydrogens is 376 g/mol. The molecular formula is C19H26ClF2N3O2. The quantitative estimate of drug-likeness (QED) is 0.710. The topological polar surface area (TPSA) is 70.2 Å². The lowest BCUT2D eigenvalue weighted by atomic mass is 9.97. The van der Waals surface area contributed by atoms with E-state index in [9.17, 15) is 18.4 Å². The highest BCUT2D eigenvalue weighted by Crippen LogP contribution is 2.27. The Balaban J connectivity index is 0.00000261. The molecule has 3 unspecified atom stereocenters. The molecule has 5 nitrogen and oxygen atoms in total. The maximum absolute atomic E-state index is 13.8. The van der Waals surface area contributed by atoms with E-state index in [-0.39, 0.29) is 30.3 Å². The Morgan fingerprint density at radius 3 is 2.19 bits per heavy atom. The van der Waals surface area contributed by atoms with Gasteiger partial charge in [0.05, 0.1) is 0 Å². The molecule has 27 heavy (non-hydrogen) atoms. The maximum atomic E-state index is 13.8. The summed E-state index contributed by atoms with van der Waals surface area (Å²) in [6, 6.07) is 3.30. The Bertz CT molecular complexity index is 669. The highest BCUT2D eigenvalue weighted by molar-refractivity contribution is 5.98. The van der Waals surface area contributed by atoms with Crippen LogP contribution in [0.5, 0.6) is 0 Å². The number of nitrogens with one attached hydrogen (secondary N) is 3. The number of halogens is 3. The minimum atomic E-state index is -0.944. The van der Waals surface area contributed by atoms with Crippen molar-refractivity contribution in [2.75, 3.05) is 0 Å². The normalized spacial score (nSPS) is 24.9. The predicted molar refractivity (Wildman–Crippen MR) is 101 cm³/mol. The molecule has 2 bridgehead atoms. The van der Waals surface area contributed by atoms with Gasteiger partial charge in [0.15, 0.2) is 0 Å². The molecule has 2 saturated heterocycles. The molecule has 1 aromatic carbocycles. The average molecular weight is 402 g/mol. The van der Waals surface area contributed by atoms with Gasteiger partial charge >= 0.3 is 0 Å². The second-order valence-corrected chi connectivity index (χ2v) is 7.61. The molecule has 0 saturated carbocycles. The number of carbonyl (C=O) groups excluding carboxylic acids is 2. The van der Waals surface area contributed by atoms with Gasteiger partial charge in [-0.25, -0.2) is 8.78 Å². The lowest BCUT2D eigenvalue weighted by Gasteiger charge is -2.31. The zero-order valence-corrected chi connectivity index (χ0v) is 16.2. The van der Waals surface area contributed by atoms with Crippen molar-refractivity contribution in [3.05, 3.63) is 35.4 Å². The number of amides is 2. The van der Waals surface area contributed by atoms with Crippen LogP contribution in [-0.2, 0) is 4.79 Å². The van der Waals surface area contributed by atoms with Crippen molar-refractivity contribution in [1.82, 2.24) is 16.0 Å². The third-order valence-corrected chi connectivity index (χ3v) is 5.25. The molecule has 3 rings (SSSR count). The number of hydrogen-bond acceptors (Lipinski definition) is 3. The summed E-state index contributed by atoms with van der Waals surface area (Å²) in [6.07, 6.45) is 3.97. The molecule has 2 amide bonds. The molecule has 0 radical (unpaired) electrons. The molecule has 2 fully saturated rings. The van der Waals surface area contributed by atoms with Crippen LogP contribution in [-0.4, -0.2) is 36.0 Å². The largest absolute Gasteiger partial charge is 0.351 e. The van der Waals surface area contributed by atoms with Gasteiger partial charge in [0, 0.05) is 18.1 Å². The van der Waals surface area contributed by atoms with Gasteiger partial charge in [-0.3, -0.25) is 9.59 Å². The van der Waals surface area contributed by atoms with Crippen LogP contribution in [0.1, 0.15) is 49.9 Å². The van der Waals surface area contributed by atoms with Gasteiger partial charge in [0.1, 0.15) is 23.2 Å². The van der Waals surface area contributed by atoms with Crippen LogP contribution in [0.2, 0.25) is 0 Å². The summed E-state index contributed by atoms with van der Waals surface area (Å²) in [5.74, 6) is -3.33. The van der Waals surface area contributed by atoms with Gasteiger partial charge in [0.2, 0.25) is 5.91 Å². The molecule has 2 heterocycles. The number of hydrogen-bond donors (Lipinski definition) is 3. The van der Waals surface area contributed by atoms with E-state index in [0.29, 0.717) is 12.1 Å². The summed E-state index contributed by atoms with van der Waals surface area (Å²) >= 11 is 0. The van der Waals surface area contributed by atoms with Crippen molar-refractivity contribution in [2.24, 2.45) is 5.92 Å². The summed E-state index contributed by atoms with van der Waals surface area (Å²) in [7, 11) is 0. The van der Waals surface area contributed by atoms with E-state index in [0.717, 1.165) is 37.8 Å². The van der Waals surface area contributed by atoms with Gasteiger partial charge in [-0.2, -0.15) is 0 Å². The van der Waals surface area contributed by atoms with E-state index in [4.69, 9.17) is 0 Å². The number of benzene rings is 1. The first-order chi connectivity index (χ1) is 12.3. The number of piperidine rings is 1. The molecule has 2 aliphatic rings. The minimum Gasteiger partial charge on any atom is -0.351 e. The van der Waals surface area contributed by atoms with E-state index < -0.39 is 29.1 Å². The SMILES string of the molecule is CC(C)C(NC(=O)c1c(F)cccc1F)C(=O)NC1CC2CCC(C1)N2.Cl. The van der Waals surface area contributed by atoms with Crippen LogP contribution in [0.3, 0.4) is 0 Å². The van der Waals surface area contributed by atoms with Gasteiger partial charge < -0.3 is 16.0 Å². The fraction of sp³-hybridized carbons (Fsp3) is 0.579. The summed E-state index contributed by atoms with van der Waals surface area (Å²) in [4.78, 5) is 25.0. The molecule has 150 valence electrons. The second kappa shape index (κ2) is 8.97. The number of carbonyl (C=O) groups is 2. The second-order valence-electron chi connectivity index (χ2n) is 7.61. The van der Waals surface area contributed by atoms with Gasteiger partial charge in [-0.1, -0.05) is 19.9 Å². The van der Waals surface area contributed by atoms with Crippen molar-refractivity contribution in [1.29, 1.82) is 0 Å². The van der Waals surface area contributed by atoms with Crippen LogP contribution in [0.4, 0.5) is 8.78 Å². The Hall–Kier alpha value is -1.73. The first-order valence-corrected chi connectivity index (χ1v) is 9.16. The van der Waals surface area contributed by atoms with Crippen LogP contribution < -0.4 is 16.0 Å². The molecule has 1 aromatic rings. The van der Waals surface area contributed by atoms with Crippen LogP contribution in [0.25, 0.3) is 0 Å². The van der Waals surface area contributed by atoms with E-state index in [1.54, 1.807) is 13.8 Å². The highest BCUT2D eigenvalue weighted by Gasteiger charge is 2.35. The molecule has 8 heteroatoms. The first kappa shape index (κ1) is 21.6. The van der Waals surface area contributed by atoms with E-state index in [1.807, 2.05) is 0 Å². The van der Waals surface area contributed by atoms with Crippen molar-refractivity contribution in [2.45, 2.75) is 63.7 Å². The Morgan fingerprint density at radius 2 is 1.67 bits per heavy atom. The van der Waals surface area contributed by atoms with Gasteiger partial charge in [-0.15, -0.1) is 12.4 Å². The number of fused-ring (bicyclic) bond motifs is 2. The fourth-order valence-electron chi connectivity index (χ4n) is 3.93. The first-order valence-electron chi connectivity index (χ1n) is 9.16. The van der Waals surface area contributed by atoms with E-state index in [2.05, 4.69) is 16.0 Å². The lowest BCUT2D eigenvalue weighted by molar-refractivity contribution is -0.124. The number of rotatable bonds is 5. The predicted octanol–water partition coefficient (Wildman–Crippen LogP) is 2.54. The van der Waals surface area contributed by atoms with Crippen molar-refractivity contribution in [3.63, 3.8) is 0 Å². The smallest absolute Gasteiger partial charge is 0.257 e. The van der Waals surface area contributed by atoms with Crippen LogP contribution in [0, 0.1) is 17.6 Å². The average Bonchev–Trinajstić information content (AvgIpc) is 2.90. The zero-order chi connectivity index (χ0) is 18.8. The standard InChI is InChI=1S/C19H25F2N3O2.ClH/c1-10(2)17(24-18(25)16-14(20)4-3-5-15(16)21)19(26)23-13-8-11-6-7-12(9-13)22-11;/h3-5,10-13,17,22H,6-9H2,1-2H3,(H,23,26)(H,24,25);1H. The summed E-state index contributed by atoms with van der Waals surface area (Å²) in [5.41, 5.74) is -0.661. The molecule has 0 aromatic heterocycles. The Labute approximate surface area is 164 Å². The minimum absolute atomic E-state index is 0. The molecule has 0 spiro atoms. The van der Waals surface area contributed by atoms with E-state index in [1.165, 1.54) is 6.07 Å². The van der Waals surface area contributed by atoms with Crippen molar-refractivity contribution >= 4 is 24.2 Å². The highest BCUT2D eigenvalue weighted by atomic mass is 35.5.